The van der Waals surface area contributed by atoms with E-state index >= 15 is 0 Å². The summed E-state index contributed by atoms with van der Waals surface area (Å²) in [6.45, 7) is 5.02. The number of carbonyl (C=O) groups is 1. The van der Waals surface area contributed by atoms with E-state index in [1.165, 1.54) is 17.4 Å². The van der Waals surface area contributed by atoms with Gasteiger partial charge in [0, 0.05) is 34.9 Å². The molecule has 10 heteroatoms. The van der Waals surface area contributed by atoms with Gasteiger partial charge in [-0.15, -0.1) is 11.3 Å². The zero-order valence-corrected chi connectivity index (χ0v) is 18.2. The first kappa shape index (κ1) is 22.0. The van der Waals surface area contributed by atoms with Crippen LogP contribution < -0.4 is 10.0 Å². The van der Waals surface area contributed by atoms with E-state index in [4.69, 9.17) is 0 Å². The van der Waals surface area contributed by atoms with E-state index in [0.717, 1.165) is 23.4 Å². The van der Waals surface area contributed by atoms with Gasteiger partial charge in [0.25, 0.3) is 5.91 Å². The number of benzene rings is 1. The predicted molar refractivity (Wildman–Crippen MR) is 113 cm³/mol. The van der Waals surface area contributed by atoms with Crippen LogP contribution in [0.25, 0.3) is 11.3 Å². The lowest BCUT2D eigenvalue weighted by molar-refractivity contribution is 0.0939. The monoisotopic (exact) mass is 448 g/mol. The molecule has 2 heterocycles. The lowest BCUT2D eigenvalue weighted by Gasteiger charge is -2.14. The fourth-order valence-electron chi connectivity index (χ4n) is 2.70. The van der Waals surface area contributed by atoms with Gasteiger partial charge in [-0.25, -0.2) is 22.5 Å². The summed E-state index contributed by atoms with van der Waals surface area (Å²) in [4.78, 5) is 20.7. The van der Waals surface area contributed by atoms with Crippen LogP contribution in [-0.4, -0.2) is 30.3 Å². The van der Waals surface area contributed by atoms with E-state index < -0.39 is 38.7 Å². The Balaban J connectivity index is 1.78. The molecule has 3 aromatic rings. The van der Waals surface area contributed by atoms with Crippen molar-refractivity contribution in [2.45, 2.75) is 37.8 Å². The molecule has 2 aromatic heterocycles. The molecule has 0 radical (unpaired) electrons. The second-order valence-electron chi connectivity index (χ2n) is 6.93. The molecule has 1 amide bonds. The molecule has 0 saturated heterocycles. The second kappa shape index (κ2) is 8.99. The SMILES string of the molecule is CC(C)NS(=O)(=O)c1cc(C(=O)NC(C)c2nc(-c3cccnc3)cs2)ccc1F. The van der Waals surface area contributed by atoms with Crippen molar-refractivity contribution >= 4 is 27.3 Å². The van der Waals surface area contributed by atoms with Crippen molar-refractivity contribution < 1.29 is 17.6 Å². The van der Waals surface area contributed by atoms with Crippen LogP contribution in [0.4, 0.5) is 4.39 Å². The van der Waals surface area contributed by atoms with Crippen molar-refractivity contribution in [1.29, 1.82) is 0 Å². The Morgan fingerprint density at radius 1 is 1.20 bits per heavy atom. The van der Waals surface area contributed by atoms with E-state index in [-0.39, 0.29) is 5.56 Å². The maximum Gasteiger partial charge on any atom is 0.251 e. The smallest absolute Gasteiger partial charge is 0.251 e. The van der Waals surface area contributed by atoms with Gasteiger partial charge < -0.3 is 5.32 Å². The predicted octanol–water partition coefficient (Wildman–Crippen LogP) is 3.52. The molecule has 0 aliphatic rings. The topological polar surface area (TPSA) is 101 Å². The van der Waals surface area contributed by atoms with Crippen molar-refractivity contribution in [2.24, 2.45) is 0 Å². The summed E-state index contributed by atoms with van der Waals surface area (Å²) < 4.78 is 41.1. The molecule has 158 valence electrons. The Kier molecular flexibility index (Phi) is 6.59. The molecule has 0 spiro atoms. The molecule has 3 rings (SSSR count). The quantitative estimate of drug-likeness (QED) is 0.576. The van der Waals surface area contributed by atoms with Gasteiger partial charge in [-0.2, -0.15) is 0 Å². The van der Waals surface area contributed by atoms with Gasteiger partial charge in [0.15, 0.2) is 0 Å². The van der Waals surface area contributed by atoms with E-state index in [9.17, 15) is 17.6 Å². The number of rotatable bonds is 7. The number of hydrogen-bond donors (Lipinski definition) is 2. The maximum absolute atomic E-state index is 14.1. The van der Waals surface area contributed by atoms with E-state index in [1.54, 1.807) is 33.2 Å². The van der Waals surface area contributed by atoms with Crippen LogP contribution in [0.3, 0.4) is 0 Å². The first-order valence-corrected chi connectivity index (χ1v) is 11.5. The molecule has 1 unspecified atom stereocenters. The Hall–Kier alpha value is -2.69. The minimum absolute atomic E-state index is 0.0384. The van der Waals surface area contributed by atoms with Crippen LogP contribution in [0.5, 0.6) is 0 Å². The number of amides is 1. The van der Waals surface area contributed by atoms with Gasteiger partial charge in [-0.1, -0.05) is 0 Å². The van der Waals surface area contributed by atoms with Gasteiger partial charge in [0.1, 0.15) is 15.7 Å². The molecule has 0 bridgehead atoms. The number of halogens is 1. The largest absolute Gasteiger partial charge is 0.343 e. The second-order valence-corrected chi connectivity index (χ2v) is 9.50. The summed E-state index contributed by atoms with van der Waals surface area (Å²) in [5, 5.41) is 5.32. The summed E-state index contributed by atoms with van der Waals surface area (Å²) in [5.74, 6) is -1.45. The fourth-order valence-corrected chi connectivity index (χ4v) is 4.89. The number of aromatic nitrogens is 2. The molecular weight excluding hydrogens is 427 g/mol. The molecule has 30 heavy (non-hydrogen) atoms. The fraction of sp³-hybridized carbons (Fsp3) is 0.250. The molecular formula is C20H21FN4O3S2. The van der Waals surface area contributed by atoms with Gasteiger partial charge in [-0.3, -0.25) is 9.78 Å². The number of carbonyl (C=O) groups excluding carboxylic acids is 1. The molecule has 2 N–H and O–H groups in total. The highest BCUT2D eigenvalue weighted by Crippen LogP contribution is 2.25. The minimum atomic E-state index is -4.08. The van der Waals surface area contributed by atoms with E-state index in [0.29, 0.717) is 5.01 Å². The number of pyridine rings is 1. The summed E-state index contributed by atoms with van der Waals surface area (Å²) in [7, 11) is -4.08. The summed E-state index contributed by atoms with van der Waals surface area (Å²) >= 11 is 1.39. The highest BCUT2D eigenvalue weighted by atomic mass is 32.2. The average molecular weight is 449 g/mol. The van der Waals surface area contributed by atoms with Crippen LogP contribution >= 0.6 is 11.3 Å². The number of nitrogens with one attached hydrogen (secondary N) is 2. The first-order valence-electron chi connectivity index (χ1n) is 9.16. The van der Waals surface area contributed by atoms with Crippen molar-refractivity contribution in [3.63, 3.8) is 0 Å². The molecule has 0 aliphatic carbocycles. The van der Waals surface area contributed by atoms with Gasteiger partial charge in [-0.05, 0) is 51.1 Å². The molecule has 1 atom stereocenters. The van der Waals surface area contributed by atoms with Crippen LogP contribution in [0.2, 0.25) is 0 Å². The van der Waals surface area contributed by atoms with Gasteiger partial charge in [0.2, 0.25) is 10.0 Å². The van der Waals surface area contributed by atoms with E-state index in [1.807, 2.05) is 17.5 Å². The lowest BCUT2D eigenvalue weighted by atomic mass is 10.2. The van der Waals surface area contributed by atoms with Crippen LogP contribution in [-0.2, 0) is 10.0 Å². The van der Waals surface area contributed by atoms with E-state index in [2.05, 4.69) is 20.0 Å². The highest BCUT2D eigenvalue weighted by molar-refractivity contribution is 7.89. The maximum atomic E-state index is 14.1. The van der Waals surface area contributed by atoms with Gasteiger partial charge in [0.05, 0.1) is 11.7 Å². The molecule has 0 fully saturated rings. The third-order valence-corrected chi connectivity index (χ3v) is 6.77. The molecule has 0 saturated carbocycles. The summed E-state index contributed by atoms with van der Waals surface area (Å²) in [5.41, 5.74) is 1.65. The zero-order chi connectivity index (χ0) is 21.9. The van der Waals surface area contributed by atoms with Crippen molar-refractivity contribution in [3.05, 3.63) is 64.5 Å². The number of sulfonamides is 1. The average Bonchev–Trinajstić information content (AvgIpc) is 3.18. The Labute approximate surface area is 178 Å². The van der Waals surface area contributed by atoms with Crippen molar-refractivity contribution in [2.75, 3.05) is 0 Å². The van der Waals surface area contributed by atoms with Gasteiger partial charge >= 0.3 is 0 Å². The van der Waals surface area contributed by atoms with Crippen molar-refractivity contribution in [1.82, 2.24) is 20.0 Å². The lowest BCUT2D eigenvalue weighted by Crippen LogP contribution is -2.31. The standard InChI is InChI=1S/C20H21FN4O3S2/c1-12(2)25-30(27,28)18-9-14(6-7-16(18)21)19(26)23-13(3)20-24-17(11-29-20)15-5-4-8-22-10-15/h4-13,25H,1-3H3,(H,23,26). The Morgan fingerprint density at radius 3 is 2.63 bits per heavy atom. The zero-order valence-electron chi connectivity index (χ0n) is 16.6. The molecule has 7 nitrogen and oxygen atoms in total. The summed E-state index contributed by atoms with van der Waals surface area (Å²) in [6, 6.07) is 6.12. The van der Waals surface area contributed by atoms with Crippen LogP contribution in [0, 0.1) is 5.82 Å². The highest BCUT2D eigenvalue weighted by Gasteiger charge is 2.23. The summed E-state index contributed by atoms with van der Waals surface area (Å²) in [6.07, 6.45) is 3.38. The third kappa shape index (κ3) is 5.07. The Morgan fingerprint density at radius 2 is 1.97 bits per heavy atom. The van der Waals surface area contributed by atoms with Crippen LogP contribution in [0.15, 0.2) is 53.0 Å². The normalized spacial score (nSPS) is 12.7. The number of thiazole rings is 1. The van der Waals surface area contributed by atoms with Crippen molar-refractivity contribution in [3.8, 4) is 11.3 Å². The van der Waals surface area contributed by atoms with Crippen LogP contribution in [0.1, 0.15) is 42.2 Å². The molecule has 1 aromatic carbocycles. The Bertz CT molecular complexity index is 1150. The third-order valence-electron chi connectivity index (χ3n) is 4.07. The number of hydrogen-bond acceptors (Lipinski definition) is 6. The first-order chi connectivity index (χ1) is 14.2. The molecule has 0 aliphatic heterocycles. The number of nitrogens with zero attached hydrogens (tertiary/aromatic N) is 2. The minimum Gasteiger partial charge on any atom is -0.343 e.